The monoisotopic (exact) mass is 308 g/mol. The number of hydrogen-bond donors (Lipinski definition) is 0. The lowest BCUT2D eigenvalue weighted by molar-refractivity contribution is 0.0858. The summed E-state index contributed by atoms with van der Waals surface area (Å²) in [6.45, 7) is 18.7. The Balaban J connectivity index is 1.87. The lowest BCUT2D eigenvalue weighted by atomic mass is 9.96. The van der Waals surface area contributed by atoms with E-state index in [1.165, 1.54) is 13.0 Å². The molecule has 1 atom stereocenters. The van der Waals surface area contributed by atoms with Crippen LogP contribution in [0.5, 0.6) is 0 Å². The third kappa shape index (κ3) is 4.53. The summed E-state index contributed by atoms with van der Waals surface area (Å²) in [6.07, 6.45) is 1.29. The van der Waals surface area contributed by atoms with Gasteiger partial charge in [-0.3, -0.25) is 4.90 Å². The molecule has 2 rings (SSSR count). The first-order valence-corrected chi connectivity index (χ1v) is 8.58. The Morgan fingerprint density at radius 1 is 1.09 bits per heavy atom. The minimum atomic E-state index is -0.0585. The Labute approximate surface area is 135 Å². The molecule has 126 valence electrons. The molecule has 0 aliphatic carbocycles. The van der Waals surface area contributed by atoms with Gasteiger partial charge >= 0.3 is 0 Å². The van der Waals surface area contributed by atoms with Crippen molar-refractivity contribution in [3.63, 3.8) is 0 Å². The van der Waals surface area contributed by atoms with Gasteiger partial charge in [0.2, 0.25) is 5.89 Å². The lowest BCUT2D eigenvalue weighted by Gasteiger charge is -2.37. The summed E-state index contributed by atoms with van der Waals surface area (Å²) < 4.78 is 5.50. The summed E-state index contributed by atoms with van der Waals surface area (Å²) in [4.78, 5) is 9.62. The number of rotatable bonds is 5. The summed E-state index contributed by atoms with van der Waals surface area (Å²) in [5, 5.41) is 4.14. The molecular weight excluding hydrogens is 276 g/mol. The highest BCUT2D eigenvalue weighted by Crippen LogP contribution is 2.24. The Morgan fingerprint density at radius 3 is 2.23 bits per heavy atom. The predicted molar refractivity (Wildman–Crippen MR) is 88.9 cm³/mol. The van der Waals surface area contributed by atoms with Crippen molar-refractivity contribution < 1.29 is 4.52 Å². The van der Waals surface area contributed by atoms with Crippen LogP contribution < -0.4 is 0 Å². The predicted octanol–water partition coefficient (Wildman–Crippen LogP) is 3.09. The zero-order valence-corrected chi connectivity index (χ0v) is 15.1. The van der Waals surface area contributed by atoms with E-state index in [0.717, 1.165) is 43.8 Å². The van der Waals surface area contributed by atoms with E-state index in [1.807, 2.05) is 0 Å². The first-order chi connectivity index (χ1) is 10.3. The highest BCUT2D eigenvalue weighted by molar-refractivity contribution is 5.02. The van der Waals surface area contributed by atoms with Crippen molar-refractivity contribution in [1.29, 1.82) is 0 Å². The van der Waals surface area contributed by atoms with Crippen LogP contribution in [0.4, 0.5) is 0 Å². The number of piperazine rings is 1. The highest BCUT2D eigenvalue weighted by atomic mass is 16.5. The fraction of sp³-hybridized carbons (Fsp3) is 0.882. The van der Waals surface area contributed by atoms with Gasteiger partial charge in [-0.25, -0.2) is 0 Å². The minimum Gasteiger partial charge on any atom is -0.338 e. The van der Waals surface area contributed by atoms with Crippen LogP contribution in [-0.4, -0.2) is 52.7 Å². The normalized spacial score (nSPS) is 19.8. The zero-order valence-electron chi connectivity index (χ0n) is 15.1. The number of hydrogen-bond acceptors (Lipinski definition) is 5. The van der Waals surface area contributed by atoms with Gasteiger partial charge in [0.05, 0.1) is 6.04 Å². The molecule has 22 heavy (non-hydrogen) atoms. The molecule has 1 aromatic heterocycles. The van der Waals surface area contributed by atoms with E-state index in [9.17, 15) is 0 Å². The van der Waals surface area contributed by atoms with Gasteiger partial charge in [0.15, 0.2) is 5.82 Å². The first kappa shape index (κ1) is 17.4. The molecule has 1 aliphatic rings. The maximum atomic E-state index is 5.50. The second-order valence-electron chi connectivity index (χ2n) is 7.94. The van der Waals surface area contributed by atoms with Crippen molar-refractivity contribution in [3.05, 3.63) is 11.7 Å². The van der Waals surface area contributed by atoms with Gasteiger partial charge in [-0.1, -0.05) is 39.8 Å². The molecular formula is C17H32N4O. The van der Waals surface area contributed by atoms with E-state index in [4.69, 9.17) is 4.52 Å². The van der Waals surface area contributed by atoms with E-state index in [-0.39, 0.29) is 11.5 Å². The fourth-order valence-corrected chi connectivity index (χ4v) is 2.68. The van der Waals surface area contributed by atoms with Gasteiger partial charge in [0.25, 0.3) is 0 Å². The van der Waals surface area contributed by atoms with Crippen molar-refractivity contribution in [2.24, 2.45) is 5.92 Å². The van der Waals surface area contributed by atoms with E-state index in [1.54, 1.807) is 0 Å². The molecule has 0 radical (unpaired) electrons. The maximum Gasteiger partial charge on any atom is 0.243 e. The molecule has 1 aliphatic heterocycles. The van der Waals surface area contributed by atoms with E-state index >= 15 is 0 Å². The molecule has 1 aromatic rings. The summed E-state index contributed by atoms with van der Waals surface area (Å²) in [7, 11) is 0. The smallest absolute Gasteiger partial charge is 0.243 e. The molecule has 0 spiro atoms. The highest BCUT2D eigenvalue weighted by Gasteiger charge is 2.28. The van der Waals surface area contributed by atoms with Gasteiger partial charge in [-0.05, 0) is 25.8 Å². The van der Waals surface area contributed by atoms with Crippen molar-refractivity contribution >= 4 is 0 Å². The van der Waals surface area contributed by atoms with Gasteiger partial charge < -0.3 is 9.42 Å². The van der Waals surface area contributed by atoms with Gasteiger partial charge in [-0.2, -0.15) is 4.98 Å². The second kappa shape index (κ2) is 7.09. The van der Waals surface area contributed by atoms with Crippen LogP contribution >= 0.6 is 0 Å². The Hall–Kier alpha value is -0.940. The molecule has 0 N–H and O–H groups in total. The maximum absolute atomic E-state index is 5.50. The Morgan fingerprint density at radius 2 is 1.73 bits per heavy atom. The summed E-state index contributed by atoms with van der Waals surface area (Å²) in [6, 6.07) is 0.204. The summed E-state index contributed by atoms with van der Waals surface area (Å²) in [5.74, 6) is 2.33. The van der Waals surface area contributed by atoms with Crippen molar-refractivity contribution in [3.8, 4) is 0 Å². The van der Waals surface area contributed by atoms with Crippen molar-refractivity contribution in [1.82, 2.24) is 19.9 Å². The average molecular weight is 308 g/mol. The van der Waals surface area contributed by atoms with Gasteiger partial charge in [-0.15, -0.1) is 0 Å². The lowest BCUT2D eigenvalue weighted by Crippen LogP contribution is -2.47. The summed E-state index contributed by atoms with van der Waals surface area (Å²) in [5.41, 5.74) is -0.0585. The quantitative estimate of drug-likeness (QED) is 0.836. The third-order valence-electron chi connectivity index (χ3n) is 4.45. The van der Waals surface area contributed by atoms with E-state index < -0.39 is 0 Å². The van der Waals surface area contributed by atoms with E-state index in [2.05, 4.69) is 61.5 Å². The van der Waals surface area contributed by atoms with E-state index in [0.29, 0.717) is 0 Å². The third-order valence-corrected chi connectivity index (χ3v) is 4.45. The van der Waals surface area contributed by atoms with Gasteiger partial charge in [0, 0.05) is 31.6 Å². The van der Waals surface area contributed by atoms with Crippen LogP contribution in [-0.2, 0) is 5.41 Å². The number of aromatic nitrogens is 2. The molecule has 0 aromatic carbocycles. The Bertz CT molecular complexity index is 455. The molecule has 0 bridgehead atoms. The molecule has 5 nitrogen and oxygen atoms in total. The van der Waals surface area contributed by atoms with Crippen LogP contribution in [0.15, 0.2) is 4.52 Å². The molecule has 1 fully saturated rings. The Kier molecular flexibility index (Phi) is 5.61. The SMILES string of the molecule is CC(C)CCN1CCN([C@@H](C)c2nc(C(C)(C)C)no2)CC1. The topological polar surface area (TPSA) is 45.4 Å². The molecule has 0 saturated carbocycles. The molecule has 0 amide bonds. The van der Waals surface area contributed by atoms with Crippen LogP contribution in [0.3, 0.4) is 0 Å². The van der Waals surface area contributed by atoms with Crippen LogP contribution in [0.25, 0.3) is 0 Å². The van der Waals surface area contributed by atoms with Crippen molar-refractivity contribution in [2.75, 3.05) is 32.7 Å². The molecule has 5 heteroatoms. The standard InChI is InChI=1S/C17H32N4O/c1-13(2)7-8-20-9-11-21(12-10-20)14(3)15-18-16(19-22-15)17(4,5)6/h13-14H,7-12H2,1-6H3/t14-/m0/s1. The summed E-state index contributed by atoms with van der Waals surface area (Å²) >= 11 is 0. The fourth-order valence-electron chi connectivity index (χ4n) is 2.68. The van der Waals surface area contributed by atoms with Crippen molar-refractivity contribution in [2.45, 2.75) is 59.4 Å². The zero-order chi connectivity index (χ0) is 16.3. The van der Waals surface area contributed by atoms with Crippen LogP contribution in [0.2, 0.25) is 0 Å². The second-order valence-corrected chi connectivity index (χ2v) is 7.94. The molecule has 1 saturated heterocycles. The van der Waals surface area contributed by atoms with Gasteiger partial charge in [0.1, 0.15) is 0 Å². The average Bonchev–Trinajstić information content (AvgIpc) is 2.94. The van der Waals surface area contributed by atoms with Crippen LogP contribution in [0, 0.1) is 5.92 Å². The van der Waals surface area contributed by atoms with Crippen LogP contribution in [0.1, 0.15) is 65.7 Å². The molecule has 0 unspecified atom stereocenters. The molecule has 2 heterocycles. The minimum absolute atomic E-state index is 0.0585. The number of nitrogens with zero attached hydrogens (tertiary/aromatic N) is 4. The first-order valence-electron chi connectivity index (χ1n) is 8.58. The largest absolute Gasteiger partial charge is 0.338 e.